The van der Waals surface area contributed by atoms with Crippen LogP contribution in [-0.2, 0) is 14.3 Å². The van der Waals surface area contributed by atoms with E-state index in [1.807, 2.05) is 55.5 Å². The van der Waals surface area contributed by atoms with Gasteiger partial charge < -0.3 is 15.4 Å². The maximum atomic E-state index is 12.8. The number of rotatable bonds is 8. The SMILES string of the molecule is CCC(C(=O)Nc1ccc(Br)cc1)c1ccc(C=CC(=O)Nc2ccccc2NC(=O)OC(C)(C)C)cc1. The maximum absolute atomic E-state index is 12.8. The molecule has 0 heterocycles. The van der Waals surface area contributed by atoms with E-state index in [0.29, 0.717) is 17.8 Å². The third-order valence-corrected chi connectivity index (χ3v) is 5.95. The van der Waals surface area contributed by atoms with Crippen LogP contribution in [0.1, 0.15) is 51.2 Å². The van der Waals surface area contributed by atoms with Gasteiger partial charge in [0.05, 0.1) is 17.3 Å². The molecule has 0 fully saturated rings. The summed E-state index contributed by atoms with van der Waals surface area (Å²) in [6.07, 6.45) is 3.14. The number of nitrogens with one attached hydrogen (secondary N) is 3. The van der Waals surface area contributed by atoms with Crippen LogP contribution in [0.15, 0.2) is 83.3 Å². The molecule has 38 heavy (non-hydrogen) atoms. The first-order valence-corrected chi connectivity index (χ1v) is 13.1. The summed E-state index contributed by atoms with van der Waals surface area (Å²) in [6.45, 7) is 7.30. The molecule has 198 valence electrons. The Balaban J connectivity index is 1.61. The number of carbonyl (C=O) groups excluding carboxylic acids is 3. The minimum atomic E-state index is -0.638. The van der Waals surface area contributed by atoms with E-state index in [-0.39, 0.29) is 17.7 Å². The standard InChI is InChI=1S/C30H32BrN3O4/c1-5-24(28(36)32-23-17-15-22(31)16-18-23)21-13-10-20(11-14-21)12-19-27(35)33-25-8-6-7-9-26(25)34-29(37)38-30(2,3)4/h6-19,24H,5H2,1-4H3,(H,32,36)(H,33,35)(H,34,37). The quantitative estimate of drug-likeness (QED) is 0.240. The summed E-state index contributed by atoms with van der Waals surface area (Å²) in [5.74, 6) is -0.724. The molecule has 0 saturated carbocycles. The van der Waals surface area contributed by atoms with Crippen molar-refractivity contribution in [1.29, 1.82) is 0 Å². The van der Waals surface area contributed by atoms with Gasteiger partial charge in [0.25, 0.3) is 0 Å². The van der Waals surface area contributed by atoms with Crippen LogP contribution >= 0.6 is 15.9 Å². The van der Waals surface area contributed by atoms with Crippen LogP contribution in [-0.4, -0.2) is 23.5 Å². The van der Waals surface area contributed by atoms with Crippen molar-refractivity contribution in [3.63, 3.8) is 0 Å². The van der Waals surface area contributed by atoms with Gasteiger partial charge in [0, 0.05) is 16.2 Å². The zero-order valence-electron chi connectivity index (χ0n) is 21.9. The Morgan fingerprint density at radius 2 is 1.47 bits per heavy atom. The van der Waals surface area contributed by atoms with Crippen LogP contribution < -0.4 is 16.0 Å². The molecule has 3 N–H and O–H groups in total. The largest absolute Gasteiger partial charge is 0.444 e. The molecule has 3 aromatic carbocycles. The molecule has 3 amide bonds. The Morgan fingerprint density at radius 3 is 2.05 bits per heavy atom. The zero-order valence-corrected chi connectivity index (χ0v) is 23.5. The lowest BCUT2D eigenvalue weighted by Crippen LogP contribution is -2.27. The van der Waals surface area contributed by atoms with Crippen molar-refractivity contribution in [2.75, 3.05) is 16.0 Å². The molecule has 0 aromatic heterocycles. The van der Waals surface area contributed by atoms with Gasteiger partial charge in [0.1, 0.15) is 5.60 Å². The molecule has 3 aromatic rings. The van der Waals surface area contributed by atoms with Crippen LogP contribution in [0, 0.1) is 0 Å². The lowest BCUT2D eigenvalue weighted by Gasteiger charge is -2.20. The number of para-hydroxylation sites is 2. The van der Waals surface area contributed by atoms with Crippen molar-refractivity contribution in [1.82, 2.24) is 0 Å². The second-order valence-electron chi connectivity index (χ2n) is 9.62. The number of anilines is 3. The molecule has 0 saturated heterocycles. The van der Waals surface area contributed by atoms with Crippen molar-refractivity contribution >= 4 is 57.0 Å². The summed E-state index contributed by atoms with van der Waals surface area (Å²) in [7, 11) is 0. The highest BCUT2D eigenvalue weighted by atomic mass is 79.9. The van der Waals surface area contributed by atoms with Crippen LogP contribution in [0.4, 0.5) is 21.9 Å². The first-order chi connectivity index (χ1) is 18.0. The monoisotopic (exact) mass is 577 g/mol. The predicted molar refractivity (Wildman–Crippen MR) is 156 cm³/mol. The highest BCUT2D eigenvalue weighted by molar-refractivity contribution is 9.10. The molecule has 0 aliphatic carbocycles. The molecule has 0 aliphatic rings. The van der Waals surface area contributed by atoms with Crippen molar-refractivity contribution in [3.05, 3.63) is 94.5 Å². The van der Waals surface area contributed by atoms with Gasteiger partial charge in [-0.2, -0.15) is 0 Å². The molecule has 0 bridgehead atoms. The molecule has 0 radical (unpaired) electrons. The fraction of sp³-hybridized carbons (Fsp3) is 0.233. The molecule has 7 nitrogen and oxygen atoms in total. The third-order valence-electron chi connectivity index (χ3n) is 5.42. The van der Waals surface area contributed by atoms with E-state index < -0.39 is 11.7 Å². The number of hydrogen-bond donors (Lipinski definition) is 3. The van der Waals surface area contributed by atoms with Crippen LogP contribution in [0.2, 0.25) is 0 Å². The van der Waals surface area contributed by atoms with E-state index in [4.69, 9.17) is 4.74 Å². The van der Waals surface area contributed by atoms with E-state index >= 15 is 0 Å². The Hall–Kier alpha value is -3.91. The second kappa shape index (κ2) is 13.1. The highest BCUT2D eigenvalue weighted by Crippen LogP contribution is 2.24. The van der Waals surface area contributed by atoms with Crippen molar-refractivity contribution in [2.45, 2.75) is 45.6 Å². The molecule has 0 spiro atoms. The van der Waals surface area contributed by atoms with Gasteiger partial charge in [-0.25, -0.2) is 4.79 Å². The first-order valence-electron chi connectivity index (χ1n) is 12.3. The van der Waals surface area contributed by atoms with Gasteiger partial charge in [-0.05, 0) is 80.8 Å². The Morgan fingerprint density at radius 1 is 0.868 bits per heavy atom. The number of benzene rings is 3. The van der Waals surface area contributed by atoms with Crippen LogP contribution in [0.5, 0.6) is 0 Å². The lowest BCUT2D eigenvalue weighted by atomic mass is 9.94. The first kappa shape index (κ1) is 28.7. The Kier molecular flexibility index (Phi) is 9.85. The van der Waals surface area contributed by atoms with Crippen molar-refractivity contribution in [3.8, 4) is 0 Å². The van der Waals surface area contributed by atoms with Gasteiger partial charge in [-0.1, -0.05) is 59.3 Å². The van der Waals surface area contributed by atoms with Crippen molar-refractivity contribution in [2.24, 2.45) is 0 Å². The molecule has 0 aliphatic heterocycles. The van der Waals surface area contributed by atoms with E-state index in [2.05, 4.69) is 31.9 Å². The van der Waals surface area contributed by atoms with E-state index in [9.17, 15) is 14.4 Å². The summed E-state index contributed by atoms with van der Waals surface area (Å²) in [5.41, 5.74) is 2.69. The fourth-order valence-corrected chi connectivity index (χ4v) is 3.90. The zero-order chi connectivity index (χ0) is 27.7. The van der Waals surface area contributed by atoms with Crippen molar-refractivity contribution < 1.29 is 19.1 Å². The Bertz CT molecular complexity index is 1300. The Labute approximate surface area is 231 Å². The van der Waals surface area contributed by atoms with Gasteiger partial charge >= 0.3 is 6.09 Å². The van der Waals surface area contributed by atoms with Gasteiger partial charge in [-0.15, -0.1) is 0 Å². The summed E-state index contributed by atoms with van der Waals surface area (Å²) in [6, 6.07) is 21.9. The summed E-state index contributed by atoms with van der Waals surface area (Å²) < 4.78 is 6.23. The van der Waals surface area contributed by atoms with E-state index in [0.717, 1.165) is 21.3 Å². The highest BCUT2D eigenvalue weighted by Gasteiger charge is 2.19. The molecule has 8 heteroatoms. The fourth-order valence-electron chi connectivity index (χ4n) is 3.64. The van der Waals surface area contributed by atoms with E-state index in [1.54, 1.807) is 51.1 Å². The smallest absolute Gasteiger partial charge is 0.412 e. The summed E-state index contributed by atoms with van der Waals surface area (Å²) in [4.78, 5) is 37.5. The number of hydrogen-bond acceptors (Lipinski definition) is 4. The van der Waals surface area contributed by atoms with Gasteiger partial charge in [-0.3, -0.25) is 14.9 Å². The average molecular weight is 579 g/mol. The minimum absolute atomic E-state index is 0.0730. The topological polar surface area (TPSA) is 96.5 Å². The van der Waals surface area contributed by atoms with Gasteiger partial charge in [0.2, 0.25) is 11.8 Å². The minimum Gasteiger partial charge on any atom is -0.444 e. The lowest BCUT2D eigenvalue weighted by molar-refractivity contribution is -0.117. The van der Waals surface area contributed by atoms with E-state index in [1.165, 1.54) is 6.08 Å². The third kappa shape index (κ3) is 8.88. The average Bonchev–Trinajstić information content (AvgIpc) is 2.85. The number of halogens is 1. The molecule has 1 atom stereocenters. The van der Waals surface area contributed by atoms with Crippen LogP contribution in [0.25, 0.3) is 6.08 Å². The summed E-state index contributed by atoms with van der Waals surface area (Å²) >= 11 is 3.39. The normalized spacial score (nSPS) is 12.0. The molecule has 3 rings (SSSR count). The molecular weight excluding hydrogens is 546 g/mol. The number of amides is 3. The van der Waals surface area contributed by atoms with Gasteiger partial charge in [0.15, 0.2) is 0 Å². The predicted octanol–water partition coefficient (Wildman–Crippen LogP) is 7.58. The maximum Gasteiger partial charge on any atom is 0.412 e. The number of ether oxygens (including phenoxy) is 1. The summed E-state index contributed by atoms with van der Waals surface area (Å²) in [5, 5.41) is 8.40. The molecular formula is C30H32BrN3O4. The number of carbonyl (C=O) groups is 3. The second-order valence-corrected chi connectivity index (χ2v) is 10.5. The van der Waals surface area contributed by atoms with Crippen LogP contribution in [0.3, 0.4) is 0 Å². The molecule has 1 unspecified atom stereocenters.